The summed E-state index contributed by atoms with van der Waals surface area (Å²) in [5.41, 5.74) is 12.2. The molecule has 5 heteroatoms. The molecule has 2 aromatic carbocycles. The number of amides is 2. The standard InChI is InChI=1S/C23H29N2O2P/c24-22(26)13-5-3-1-2-4-12-21(23(25)27)28-16-8-11-19-18-10-7-6-9-17(18)14-15-20(19)28/h6-11,14-15,21H,1-5,12-13,16H2,(H2,24,26)(H2,25,27). The largest absolute Gasteiger partial charge is 0.370 e. The van der Waals surface area contributed by atoms with Crippen molar-refractivity contribution in [1.82, 2.24) is 0 Å². The number of carbonyl (C=O) groups excluding carboxylic acids is 2. The third-order valence-corrected chi connectivity index (χ3v) is 8.33. The highest BCUT2D eigenvalue weighted by atomic mass is 31.1. The summed E-state index contributed by atoms with van der Waals surface area (Å²) in [6.07, 6.45) is 11.6. The van der Waals surface area contributed by atoms with Gasteiger partial charge in [0.25, 0.3) is 0 Å². The lowest BCUT2D eigenvalue weighted by molar-refractivity contribution is -0.118. The van der Waals surface area contributed by atoms with Crippen molar-refractivity contribution in [3.8, 4) is 0 Å². The van der Waals surface area contributed by atoms with Crippen LogP contribution in [-0.4, -0.2) is 23.6 Å². The van der Waals surface area contributed by atoms with Crippen LogP contribution in [0, 0.1) is 0 Å². The number of carbonyl (C=O) groups is 2. The molecule has 0 radical (unpaired) electrons. The number of nitrogens with two attached hydrogens (primary N) is 2. The second kappa shape index (κ2) is 9.84. The van der Waals surface area contributed by atoms with Crippen LogP contribution in [0.4, 0.5) is 0 Å². The molecule has 1 heterocycles. The molecule has 2 aromatic rings. The SMILES string of the molecule is NC(=O)CCCCCCCC(C(N)=O)P1CC=Cc2c1ccc1ccccc21. The Morgan fingerprint density at radius 2 is 1.71 bits per heavy atom. The Balaban J connectivity index is 1.65. The van der Waals surface area contributed by atoms with Crippen molar-refractivity contribution in [3.05, 3.63) is 48.0 Å². The van der Waals surface area contributed by atoms with Crippen molar-refractivity contribution in [2.24, 2.45) is 11.5 Å². The monoisotopic (exact) mass is 396 g/mol. The van der Waals surface area contributed by atoms with Crippen LogP contribution in [0.3, 0.4) is 0 Å². The van der Waals surface area contributed by atoms with E-state index in [0.717, 1.165) is 44.7 Å². The first-order valence-electron chi connectivity index (χ1n) is 10.1. The maximum absolute atomic E-state index is 12.3. The van der Waals surface area contributed by atoms with Crippen molar-refractivity contribution < 1.29 is 9.59 Å². The zero-order valence-electron chi connectivity index (χ0n) is 16.3. The van der Waals surface area contributed by atoms with Gasteiger partial charge in [-0.2, -0.15) is 0 Å². The Bertz CT molecular complexity index is 878. The molecule has 1 aliphatic rings. The van der Waals surface area contributed by atoms with Crippen molar-refractivity contribution in [2.75, 3.05) is 6.16 Å². The van der Waals surface area contributed by atoms with Gasteiger partial charge in [-0.15, -0.1) is 0 Å². The molecule has 0 aromatic heterocycles. The molecule has 28 heavy (non-hydrogen) atoms. The first kappa shape index (κ1) is 20.5. The lowest BCUT2D eigenvalue weighted by Crippen LogP contribution is -2.32. The molecule has 148 valence electrons. The maximum Gasteiger partial charge on any atom is 0.225 e. The average molecular weight is 396 g/mol. The number of hydrogen-bond acceptors (Lipinski definition) is 2. The van der Waals surface area contributed by atoms with Gasteiger partial charge in [-0.1, -0.05) is 82.2 Å². The van der Waals surface area contributed by atoms with Crippen LogP contribution in [0.1, 0.15) is 50.5 Å². The third-order valence-electron chi connectivity index (χ3n) is 5.45. The van der Waals surface area contributed by atoms with Crippen molar-refractivity contribution in [3.63, 3.8) is 0 Å². The van der Waals surface area contributed by atoms with Crippen LogP contribution in [0.25, 0.3) is 16.8 Å². The Kier molecular flexibility index (Phi) is 7.22. The number of unbranched alkanes of at least 4 members (excludes halogenated alkanes) is 4. The zero-order valence-corrected chi connectivity index (χ0v) is 17.2. The number of primary amides is 2. The predicted octanol–water partition coefficient (Wildman–Crippen LogP) is 4.04. The third kappa shape index (κ3) is 4.99. The van der Waals surface area contributed by atoms with Gasteiger partial charge in [-0.25, -0.2) is 0 Å². The number of hydrogen-bond donors (Lipinski definition) is 2. The molecule has 0 spiro atoms. The van der Waals surface area contributed by atoms with E-state index < -0.39 is 7.92 Å². The minimum absolute atomic E-state index is 0.0783. The van der Waals surface area contributed by atoms with Crippen LogP contribution in [-0.2, 0) is 9.59 Å². The number of rotatable bonds is 10. The summed E-state index contributed by atoms with van der Waals surface area (Å²) in [6.45, 7) is 0. The normalized spacial score (nSPS) is 16.6. The summed E-state index contributed by atoms with van der Waals surface area (Å²) in [5, 5.41) is 3.79. The van der Waals surface area contributed by atoms with Gasteiger partial charge < -0.3 is 11.5 Å². The van der Waals surface area contributed by atoms with Crippen molar-refractivity contribution in [2.45, 2.75) is 50.6 Å². The zero-order chi connectivity index (χ0) is 19.9. The lowest BCUT2D eigenvalue weighted by Gasteiger charge is -2.29. The quantitative estimate of drug-likeness (QED) is 0.469. The Labute approximate surface area is 168 Å². The maximum atomic E-state index is 12.3. The van der Waals surface area contributed by atoms with E-state index in [2.05, 4.69) is 48.6 Å². The molecule has 4 N–H and O–H groups in total. The molecule has 4 nitrogen and oxygen atoms in total. The Hall–Kier alpha value is -2.19. The van der Waals surface area contributed by atoms with E-state index in [1.54, 1.807) is 0 Å². The summed E-state index contributed by atoms with van der Waals surface area (Å²) in [4.78, 5) is 23.1. The van der Waals surface area contributed by atoms with E-state index >= 15 is 0 Å². The molecule has 1 aliphatic heterocycles. The van der Waals surface area contributed by atoms with E-state index in [0.29, 0.717) is 6.42 Å². The minimum Gasteiger partial charge on any atom is -0.370 e. The molecule has 0 fully saturated rings. The van der Waals surface area contributed by atoms with Gasteiger partial charge in [0.1, 0.15) is 0 Å². The second-order valence-electron chi connectivity index (χ2n) is 7.47. The van der Waals surface area contributed by atoms with Crippen LogP contribution < -0.4 is 16.8 Å². The van der Waals surface area contributed by atoms with Gasteiger partial charge in [-0.05, 0) is 40.6 Å². The second-order valence-corrected chi connectivity index (χ2v) is 9.88. The molecule has 0 saturated carbocycles. The summed E-state index contributed by atoms with van der Waals surface area (Å²) < 4.78 is 0. The number of fused-ring (bicyclic) bond motifs is 3. The highest BCUT2D eigenvalue weighted by Crippen LogP contribution is 2.47. The molecule has 0 aliphatic carbocycles. The molecule has 2 atom stereocenters. The highest BCUT2D eigenvalue weighted by Gasteiger charge is 2.29. The van der Waals surface area contributed by atoms with Crippen molar-refractivity contribution >= 4 is 41.9 Å². The Morgan fingerprint density at radius 1 is 0.964 bits per heavy atom. The molecular formula is C23H29N2O2P. The van der Waals surface area contributed by atoms with E-state index in [1.807, 2.05) is 0 Å². The summed E-state index contributed by atoms with van der Waals surface area (Å²) in [7, 11) is -0.622. The van der Waals surface area contributed by atoms with E-state index in [1.165, 1.54) is 21.6 Å². The lowest BCUT2D eigenvalue weighted by atomic mass is 10.0. The summed E-state index contributed by atoms with van der Waals surface area (Å²) >= 11 is 0. The van der Waals surface area contributed by atoms with Gasteiger partial charge in [-0.3, -0.25) is 9.59 Å². The van der Waals surface area contributed by atoms with Gasteiger partial charge >= 0.3 is 0 Å². The number of benzene rings is 2. The fourth-order valence-corrected chi connectivity index (χ4v) is 6.70. The van der Waals surface area contributed by atoms with E-state index in [9.17, 15) is 9.59 Å². The topological polar surface area (TPSA) is 86.2 Å². The number of allylic oxidation sites excluding steroid dienone is 1. The van der Waals surface area contributed by atoms with Crippen molar-refractivity contribution in [1.29, 1.82) is 0 Å². The van der Waals surface area contributed by atoms with Gasteiger partial charge in [0.2, 0.25) is 11.8 Å². The van der Waals surface area contributed by atoms with Crippen LogP contribution >= 0.6 is 7.92 Å². The first-order valence-corrected chi connectivity index (χ1v) is 11.7. The fraction of sp³-hybridized carbons (Fsp3) is 0.391. The smallest absolute Gasteiger partial charge is 0.225 e. The van der Waals surface area contributed by atoms with Gasteiger partial charge in [0.15, 0.2) is 0 Å². The average Bonchev–Trinajstić information content (AvgIpc) is 2.69. The predicted molar refractivity (Wildman–Crippen MR) is 119 cm³/mol. The molecule has 0 saturated heterocycles. The van der Waals surface area contributed by atoms with Crippen LogP contribution in [0.15, 0.2) is 42.5 Å². The van der Waals surface area contributed by atoms with Crippen LogP contribution in [0.2, 0.25) is 0 Å². The molecule has 2 unspecified atom stereocenters. The van der Waals surface area contributed by atoms with E-state index in [4.69, 9.17) is 11.5 Å². The summed E-state index contributed by atoms with van der Waals surface area (Å²) in [6, 6.07) is 12.8. The molecule has 3 rings (SSSR count). The first-order chi connectivity index (χ1) is 13.6. The fourth-order valence-electron chi connectivity index (χ4n) is 4.01. The van der Waals surface area contributed by atoms with Gasteiger partial charge in [0, 0.05) is 6.42 Å². The molecule has 2 amide bonds. The summed E-state index contributed by atoms with van der Waals surface area (Å²) in [5.74, 6) is -0.401. The molecule has 0 bridgehead atoms. The van der Waals surface area contributed by atoms with Gasteiger partial charge in [0.05, 0.1) is 5.66 Å². The van der Waals surface area contributed by atoms with Crippen LogP contribution in [0.5, 0.6) is 0 Å². The van der Waals surface area contributed by atoms with E-state index in [-0.39, 0.29) is 17.5 Å². The molecular weight excluding hydrogens is 367 g/mol. The minimum atomic E-state index is -0.622. The Morgan fingerprint density at radius 3 is 2.50 bits per heavy atom. The highest BCUT2D eigenvalue weighted by molar-refractivity contribution is 7.67.